The van der Waals surface area contributed by atoms with Crippen LogP contribution in [-0.2, 0) is 11.3 Å². The van der Waals surface area contributed by atoms with Gasteiger partial charge >= 0.3 is 5.97 Å². The van der Waals surface area contributed by atoms with E-state index < -0.39 is 0 Å². The molecule has 1 fully saturated rings. The third-order valence-corrected chi connectivity index (χ3v) is 5.85. The molecule has 0 bridgehead atoms. The zero-order chi connectivity index (χ0) is 21.2. The van der Waals surface area contributed by atoms with Crippen molar-refractivity contribution in [2.45, 2.75) is 58.5 Å². The second-order valence-electron chi connectivity index (χ2n) is 8.19. The van der Waals surface area contributed by atoms with Gasteiger partial charge in [-0.05, 0) is 68.1 Å². The minimum absolute atomic E-state index is 0.253. The Balaban J connectivity index is 1.78. The van der Waals surface area contributed by atoms with Gasteiger partial charge in [0.2, 0.25) is 0 Å². The van der Waals surface area contributed by atoms with Crippen LogP contribution in [0.25, 0.3) is 11.1 Å². The highest BCUT2D eigenvalue weighted by Gasteiger charge is 2.17. The average Bonchev–Trinajstić information content (AvgIpc) is 2.79. The number of nitrogens with zero attached hydrogens (tertiary/aromatic N) is 1. The number of carbonyl (C=O) groups excluding carboxylic acids is 1. The van der Waals surface area contributed by atoms with Crippen molar-refractivity contribution >= 4 is 5.97 Å². The molecule has 2 aromatic rings. The lowest BCUT2D eigenvalue weighted by molar-refractivity contribution is 0.0526. The Morgan fingerprint density at radius 1 is 1.07 bits per heavy atom. The van der Waals surface area contributed by atoms with Crippen molar-refractivity contribution in [3.05, 3.63) is 59.7 Å². The maximum Gasteiger partial charge on any atom is 0.338 e. The van der Waals surface area contributed by atoms with Crippen LogP contribution in [0.4, 0.5) is 0 Å². The van der Waals surface area contributed by atoms with Crippen LogP contribution in [0.5, 0.6) is 0 Å². The third-order valence-electron chi connectivity index (χ3n) is 5.85. The van der Waals surface area contributed by atoms with E-state index in [9.17, 15) is 4.79 Å². The van der Waals surface area contributed by atoms with E-state index in [1.807, 2.05) is 25.1 Å². The molecule has 1 atom stereocenters. The summed E-state index contributed by atoms with van der Waals surface area (Å²) in [6.45, 7) is 8.77. The highest BCUT2D eigenvalue weighted by Crippen LogP contribution is 2.25. The van der Waals surface area contributed by atoms with Crippen molar-refractivity contribution in [1.29, 1.82) is 0 Å². The second kappa shape index (κ2) is 11.9. The van der Waals surface area contributed by atoms with Crippen LogP contribution < -0.4 is 5.32 Å². The average molecular weight is 409 g/mol. The number of nitrogens with one attached hydrogen (secondary N) is 1. The first-order valence-electron chi connectivity index (χ1n) is 11.5. The molecule has 1 unspecified atom stereocenters. The maximum absolute atomic E-state index is 12.3. The molecule has 30 heavy (non-hydrogen) atoms. The summed E-state index contributed by atoms with van der Waals surface area (Å²) >= 11 is 0. The summed E-state index contributed by atoms with van der Waals surface area (Å²) in [7, 11) is 0. The number of hydrogen-bond donors (Lipinski definition) is 1. The van der Waals surface area contributed by atoms with Crippen molar-refractivity contribution in [3.63, 3.8) is 0 Å². The molecule has 4 heteroatoms. The summed E-state index contributed by atoms with van der Waals surface area (Å²) in [5.41, 5.74) is 4.11. The molecule has 162 valence electrons. The monoisotopic (exact) mass is 408 g/mol. The first-order valence-corrected chi connectivity index (χ1v) is 11.5. The lowest BCUT2D eigenvalue weighted by Gasteiger charge is -2.31. The predicted octanol–water partition coefficient (Wildman–Crippen LogP) is 5.27. The smallest absolute Gasteiger partial charge is 0.338 e. The highest BCUT2D eigenvalue weighted by molar-refractivity contribution is 5.90. The molecule has 0 aliphatic carbocycles. The van der Waals surface area contributed by atoms with Gasteiger partial charge in [-0.15, -0.1) is 0 Å². The zero-order valence-corrected chi connectivity index (χ0v) is 18.5. The van der Waals surface area contributed by atoms with Crippen LogP contribution in [0.3, 0.4) is 0 Å². The van der Waals surface area contributed by atoms with E-state index in [0.717, 1.165) is 25.1 Å². The number of ether oxygens (including phenoxy) is 1. The van der Waals surface area contributed by atoms with E-state index in [4.69, 9.17) is 4.74 Å². The highest BCUT2D eigenvalue weighted by atomic mass is 16.5. The van der Waals surface area contributed by atoms with Gasteiger partial charge in [0, 0.05) is 19.1 Å². The van der Waals surface area contributed by atoms with Crippen LogP contribution in [-0.4, -0.2) is 43.2 Å². The Hall–Kier alpha value is -2.17. The SMILES string of the molecule is CCCC(CN1CCCCC1)NCc1cc(C(=O)OCC)ccc1-c1ccccc1. The molecule has 0 amide bonds. The standard InChI is InChI=1S/C26H36N2O2/c1-3-11-24(20-28-16-9-6-10-17-28)27-19-23-18-22(26(29)30-4-2)14-15-25(23)21-12-7-5-8-13-21/h5,7-8,12-15,18,24,27H,3-4,6,9-11,16-17,19-20H2,1-2H3. The van der Waals surface area contributed by atoms with E-state index in [1.54, 1.807) is 0 Å². The topological polar surface area (TPSA) is 41.6 Å². The van der Waals surface area contributed by atoms with Gasteiger partial charge in [-0.25, -0.2) is 4.79 Å². The first-order chi connectivity index (χ1) is 14.7. The number of piperidine rings is 1. The number of esters is 1. The predicted molar refractivity (Wildman–Crippen MR) is 124 cm³/mol. The van der Waals surface area contributed by atoms with Crippen molar-refractivity contribution < 1.29 is 9.53 Å². The molecule has 1 aliphatic rings. The lowest BCUT2D eigenvalue weighted by Crippen LogP contribution is -2.42. The lowest BCUT2D eigenvalue weighted by atomic mass is 9.97. The maximum atomic E-state index is 12.3. The fourth-order valence-electron chi connectivity index (χ4n) is 4.30. The summed E-state index contributed by atoms with van der Waals surface area (Å²) in [6.07, 6.45) is 6.33. The minimum Gasteiger partial charge on any atom is -0.462 e. The number of benzene rings is 2. The second-order valence-corrected chi connectivity index (χ2v) is 8.19. The van der Waals surface area contributed by atoms with E-state index in [1.165, 1.54) is 49.9 Å². The summed E-state index contributed by atoms with van der Waals surface area (Å²) in [5.74, 6) is -0.253. The van der Waals surface area contributed by atoms with Gasteiger partial charge in [-0.1, -0.05) is 56.2 Å². The molecule has 0 aromatic heterocycles. The number of hydrogen-bond acceptors (Lipinski definition) is 4. The van der Waals surface area contributed by atoms with E-state index >= 15 is 0 Å². The molecule has 1 N–H and O–H groups in total. The number of carbonyl (C=O) groups is 1. The van der Waals surface area contributed by atoms with Gasteiger partial charge in [0.15, 0.2) is 0 Å². The van der Waals surface area contributed by atoms with E-state index in [-0.39, 0.29) is 5.97 Å². The van der Waals surface area contributed by atoms with Crippen molar-refractivity contribution in [3.8, 4) is 11.1 Å². The zero-order valence-electron chi connectivity index (χ0n) is 18.5. The molecule has 3 rings (SSSR count). The normalized spacial score (nSPS) is 15.7. The molecule has 1 saturated heterocycles. The van der Waals surface area contributed by atoms with Gasteiger partial charge in [0.05, 0.1) is 12.2 Å². The Bertz CT molecular complexity index is 785. The van der Waals surface area contributed by atoms with E-state index in [0.29, 0.717) is 18.2 Å². The summed E-state index contributed by atoms with van der Waals surface area (Å²) < 4.78 is 5.23. The quantitative estimate of drug-likeness (QED) is 0.544. The molecular formula is C26H36N2O2. The van der Waals surface area contributed by atoms with Gasteiger partial charge in [-0.3, -0.25) is 0 Å². The minimum atomic E-state index is -0.253. The van der Waals surface area contributed by atoms with Crippen LogP contribution in [0.1, 0.15) is 61.9 Å². The van der Waals surface area contributed by atoms with Gasteiger partial charge < -0.3 is 15.0 Å². The molecule has 0 saturated carbocycles. The number of likely N-dealkylation sites (tertiary alicyclic amines) is 1. The summed E-state index contributed by atoms with van der Waals surface area (Å²) in [4.78, 5) is 14.9. The van der Waals surface area contributed by atoms with E-state index in [2.05, 4.69) is 47.5 Å². The molecular weight excluding hydrogens is 372 g/mol. The van der Waals surface area contributed by atoms with Crippen LogP contribution in [0.15, 0.2) is 48.5 Å². The molecule has 0 spiro atoms. The Morgan fingerprint density at radius 2 is 1.83 bits per heavy atom. The number of rotatable bonds is 10. The van der Waals surface area contributed by atoms with Gasteiger partial charge in [0.1, 0.15) is 0 Å². The van der Waals surface area contributed by atoms with Crippen LogP contribution >= 0.6 is 0 Å². The fraction of sp³-hybridized carbons (Fsp3) is 0.500. The van der Waals surface area contributed by atoms with Crippen LogP contribution in [0, 0.1) is 0 Å². The van der Waals surface area contributed by atoms with Crippen molar-refractivity contribution in [2.75, 3.05) is 26.2 Å². The molecule has 0 radical (unpaired) electrons. The Morgan fingerprint density at radius 3 is 2.53 bits per heavy atom. The molecule has 2 aromatic carbocycles. The van der Waals surface area contributed by atoms with Crippen LogP contribution in [0.2, 0.25) is 0 Å². The Kier molecular flexibility index (Phi) is 8.91. The van der Waals surface area contributed by atoms with Crippen molar-refractivity contribution in [1.82, 2.24) is 10.2 Å². The largest absolute Gasteiger partial charge is 0.462 e. The van der Waals surface area contributed by atoms with Crippen molar-refractivity contribution in [2.24, 2.45) is 0 Å². The van der Waals surface area contributed by atoms with Gasteiger partial charge in [-0.2, -0.15) is 0 Å². The molecule has 1 aliphatic heterocycles. The van der Waals surface area contributed by atoms with Gasteiger partial charge in [0.25, 0.3) is 0 Å². The first kappa shape index (κ1) is 22.5. The summed E-state index contributed by atoms with van der Waals surface area (Å²) in [6, 6.07) is 16.8. The Labute approximate surface area is 181 Å². The fourth-order valence-corrected chi connectivity index (χ4v) is 4.30. The summed E-state index contributed by atoms with van der Waals surface area (Å²) in [5, 5.41) is 3.80. The molecule has 1 heterocycles. The molecule has 4 nitrogen and oxygen atoms in total. The third kappa shape index (κ3) is 6.41.